The standard InChI is InChI=1S/C25H25N3O/c1-2-13-28-16-20(14-18-9-5-3-6-10-18)24-22(17-28)23(19-11-7-4-8-12-19)21(15-26)25(27)29-24/h3-12,14,23H,2,13,16-17,27H2,1H3/b20-14+/t23-/m0/s1. The van der Waals surface area contributed by atoms with Crippen molar-refractivity contribution in [3.8, 4) is 6.07 Å². The van der Waals surface area contributed by atoms with Gasteiger partial charge in [-0.1, -0.05) is 67.6 Å². The summed E-state index contributed by atoms with van der Waals surface area (Å²) in [5, 5.41) is 9.84. The van der Waals surface area contributed by atoms with Crippen LogP contribution in [0.3, 0.4) is 0 Å². The van der Waals surface area contributed by atoms with Crippen molar-refractivity contribution >= 4 is 6.08 Å². The molecule has 0 amide bonds. The summed E-state index contributed by atoms with van der Waals surface area (Å²) >= 11 is 0. The van der Waals surface area contributed by atoms with Crippen molar-refractivity contribution in [1.82, 2.24) is 4.90 Å². The molecule has 0 bridgehead atoms. The molecular formula is C25H25N3O. The summed E-state index contributed by atoms with van der Waals surface area (Å²) in [4.78, 5) is 2.42. The smallest absolute Gasteiger partial charge is 0.205 e. The number of rotatable bonds is 4. The van der Waals surface area contributed by atoms with Crippen LogP contribution in [0.15, 0.2) is 89.0 Å². The van der Waals surface area contributed by atoms with Gasteiger partial charge in [-0.15, -0.1) is 0 Å². The maximum Gasteiger partial charge on any atom is 0.205 e. The third-order valence-electron chi connectivity index (χ3n) is 5.42. The lowest BCUT2D eigenvalue weighted by atomic mass is 9.80. The molecule has 2 aromatic rings. The zero-order valence-electron chi connectivity index (χ0n) is 16.6. The quantitative estimate of drug-likeness (QED) is 0.841. The Morgan fingerprint density at radius 1 is 1.10 bits per heavy atom. The summed E-state index contributed by atoms with van der Waals surface area (Å²) in [7, 11) is 0. The fourth-order valence-corrected chi connectivity index (χ4v) is 4.19. The summed E-state index contributed by atoms with van der Waals surface area (Å²) in [6.45, 7) is 4.76. The molecule has 2 aliphatic rings. The zero-order valence-corrected chi connectivity index (χ0v) is 16.6. The van der Waals surface area contributed by atoms with Crippen LogP contribution in [-0.2, 0) is 4.74 Å². The first-order valence-electron chi connectivity index (χ1n) is 10.0. The van der Waals surface area contributed by atoms with Gasteiger partial charge in [0.25, 0.3) is 0 Å². The van der Waals surface area contributed by atoms with E-state index in [1.165, 1.54) is 0 Å². The van der Waals surface area contributed by atoms with Gasteiger partial charge in [-0.2, -0.15) is 5.26 Å². The average molecular weight is 383 g/mol. The molecule has 2 aliphatic heterocycles. The first-order chi connectivity index (χ1) is 14.2. The van der Waals surface area contributed by atoms with Crippen LogP contribution < -0.4 is 5.73 Å². The number of benzene rings is 2. The minimum absolute atomic E-state index is 0.177. The highest BCUT2D eigenvalue weighted by Gasteiger charge is 2.37. The van der Waals surface area contributed by atoms with Crippen molar-refractivity contribution in [2.24, 2.45) is 5.73 Å². The first-order valence-corrected chi connectivity index (χ1v) is 10.0. The molecule has 29 heavy (non-hydrogen) atoms. The van der Waals surface area contributed by atoms with E-state index in [0.29, 0.717) is 5.57 Å². The molecule has 2 N–H and O–H groups in total. The van der Waals surface area contributed by atoms with Crippen LogP contribution in [0.5, 0.6) is 0 Å². The minimum atomic E-state index is -0.177. The van der Waals surface area contributed by atoms with Crippen molar-refractivity contribution in [2.45, 2.75) is 19.3 Å². The number of hydrogen-bond donors (Lipinski definition) is 1. The molecule has 2 aromatic carbocycles. The molecule has 4 nitrogen and oxygen atoms in total. The van der Waals surface area contributed by atoms with Crippen molar-refractivity contribution in [3.05, 3.63) is 100 Å². The Bertz CT molecular complexity index is 1010. The van der Waals surface area contributed by atoms with Crippen molar-refractivity contribution in [3.63, 3.8) is 0 Å². The molecule has 4 rings (SSSR count). The molecule has 2 heterocycles. The molecule has 0 aliphatic carbocycles. The number of allylic oxidation sites excluding steroid dienone is 1. The molecule has 0 unspecified atom stereocenters. The maximum absolute atomic E-state index is 9.84. The summed E-state index contributed by atoms with van der Waals surface area (Å²) in [6, 6.07) is 22.7. The lowest BCUT2D eigenvalue weighted by Crippen LogP contribution is -2.38. The molecule has 0 saturated carbocycles. The van der Waals surface area contributed by atoms with Crippen LogP contribution in [-0.4, -0.2) is 24.5 Å². The van der Waals surface area contributed by atoms with Crippen LogP contribution in [0.1, 0.15) is 30.4 Å². The lowest BCUT2D eigenvalue weighted by molar-refractivity contribution is 0.234. The van der Waals surface area contributed by atoms with E-state index in [0.717, 1.165) is 54.1 Å². The fourth-order valence-electron chi connectivity index (χ4n) is 4.19. The van der Waals surface area contributed by atoms with E-state index >= 15 is 0 Å². The number of hydrogen-bond acceptors (Lipinski definition) is 4. The number of ether oxygens (including phenoxy) is 1. The van der Waals surface area contributed by atoms with Gasteiger partial charge >= 0.3 is 0 Å². The van der Waals surface area contributed by atoms with Gasteiger partial charge in [-0.3, -0.25) is 4.90 Å². The van der Waals surface area contributed by atoms with E-state index in [1.54, 1.807) is 0 Å². The van der Waals surface area contributed by atoms with Gasteiger partial charge in [-0.05, 0) is 35.7 Å². The van der Waals surface area contributed by atoms with Crippen molar-refractivity contribution < 1.29 is 4.74 Å². The molecular weight excluding hydrogens is 358 g/mol. The highest BCUT2D eigenvalue weighted by molar-refractivity contribution is 5.63. The fraction of sp³-hybridized carbons (Fsp3) is 0.240. The minimum Gasteiger partial charge on any atom is -0.440 e. The Labute approximate surface area is 172 Å². The summed E-state index contributed by atoms with van der Waals surface area (Å²) in [6.07, 6.45) is 3.24. The maximum atomic E-state index is 9.84. The topological polar surface area (TPSA) is 62.3 Å². The predicted octanol–water partition coefficient (Wildman–Crippen LogP) is 4.56. The Morgan fingerprint density at radius 2 is 1.79 bits per heavy atom. The zero-order chi connectivity index (χ0) is 20.2. The lowest BCUT2D eigenvalue weighted by Gasteiger charge is -2.38. The second kappa shape index (κ2) is 8.38. The molecule has 0 saturated heterocycles. The number of nitrogens with zero attached hydrogens (tertiary/aromatic N) is 2. The second-order valence-corrected chi connectivity index (χ2v) is 7.48. The second-order valence-electron chi connectivity index (χ2n) is 7.48. The molecule has 4 heteroatoms. The number of nitrogens with two attached hydrogens (primary N) is 1. The van der Waals surface area contributed by atoms with Crippen LogP contribution in [0.25, 0.3) is 6.08 Å². The van der Waals surface area contributed by atoms with Gasteiger partial charge in [0.1, 0.15) is 17.4 Å². The SMILES string of the molecule is CCCN1CC2=C(OC(N)=C(C#N)[C@@H]2c2ccccc2)/C(=C/c2ccccc2)C1. The first kappa shape index (κ1) is 19.0. The van der Waals surface area contributed by atoms with Gasteiger partial charge in [0, 0.05) is 18.7 Å². The monoisotopic (exact) mass is 383 g/mol. The Kier molecular flexibility index (Phi) is 5.50. The van der Waals surface area contributed by atoms with Crippen molar-refractivity contribution in [1.29, 1.82) is 5.26 Å². The molecule has 146 valence electrons. The average Bonchev–Trinajstić information content (AvgIpc) is 2.75. The van der Waals surface area contributed by atoms with Gasteiger partial charge < -0.3 is 10.5 Å². The Morgan fingerprint density at radius 3 is 2.45 bits per heavy atom. The summed E-state index contributed by atoms with van der Waals surface area (Å²) in [5.74, 6) is 0.860. The predicted molar refractivity (Wildman–Crippen MR) is 115 cm³/mol. The molecule has 0 aromatic heterocycles. The molecule has 1 atom stereocenters. The van der Waals surface area contributed by atoms with Gasteiger partial charge in [-0.25, -0.2) is 0 Å². The Balaban J connectivity index is 1.86. The molecule has 0 radical (unpaired) electrons. The van der Waals surface area contributed by atoms with Gasteiger partial charge in [0.15, 0.2) is 0 Å². The van der Waals surface area contributed by atoms with Crippen LogP contribution in [0, 0.1) is 11.3 Å². The van der Waals surface area contributed by atoms with E-state index in [2.05, 4.69) is 48.2 Å². The van der Waals surface area contributed by atoms with Gasteiger partial charge in [0.2, 0.25) is 5.88 Å². The van der Waals surface area contributed by atoms with E-state index in [1.807, 2.05) is 36.4 Å². The highest BCUT2D eigenvalue weighted by atomic mass is 16.5. The molecule has 0 fully saturated rings. The number of nitriles is 1. The largest absolute Gasteiger partial charge is 0.440 e. The van der Waals surface area contributed by atoms with Crippen LogP contribution in [0.2, 0.25) is 0 Å². The van der Waals surface area contributed by atoms with Crippen molar-refractivity contribution in [2.75, 3.05) is 19.6 Å². The summed E-state index contributed by atoms with van der Waals surface area (Å²) in [5.41, 5.74) is 11.1. The summed E-state index contributed by atoms with van der Waals surface area (Å²) < 4.78 is 6.08. The van der Waals surface area contributed by atoms with E-state index < -0.39 is 0 Å². The molecule has 0 spiro atoms. The van der Waals surface area contributed by atoms with Crippen LogP contribution >= 0.6 is 0 Å². The highest BCUT2D eigenvalue weighted by Crippen LogP contribution is 2.43. The third-order valence-corrected chi connectivity index (χ3v) is 5.42. The normalized spacial score (nSPS) is 21.0. The van der Waals surface area contributed by atoms with Crippen LogP contribution in [0.4, 0.5) is 0 Å². The third kappa shape index (κ3) is 3.83. The Hall–Kier alpha value is -3.29. The van der Waals surface area contributed by atoms with Gasteiger partial charge in [0.05, 0.1) is 5.92 Å². The van der Waals surface area contributed by atoms with E-state index in [9.17, 15) is 5.26 Å². The van der Waals surface area contributed by atoms with E-state index in [4.69, 9.17) is 10.5 Å². The van der Waals surface area contributed by atoms with E-state index in [-0.39, 0.29) is 11.8 Å².